The first kappa shape index (κ1) is 14.5. The predicted octanol–water partition coefficient (Wildman–Crippen LogP) is 2.60. The molecule has 0 spiro atoms. The Bertz CT molecular complexity index is 748. The molecule has 1 atom stereocenters. The van der Waals surface area contributed by atoms with E-state index in [9.17, 15) is 4.39 Å². The predicted molar refractivity (Wildman–Crippen MR) is 82.0 cm³/mol. The molecule has 1 unspecified atom stereocenters. The van der Waals surface area contributed by atoms with Crippen LogP contribution in [0.25, 0.3) is 5.69 Å². The van der Waals surface area contributed by atoms with Crippen molar-refractivity contribution in [2.24, 2.45) is 7.05 Å². The number of halogens is 1. The third-order valence-electron chi connectivity index (χ3n) is 3.65. The summed E-state index contributed by atoms with van der Waals surface area (Å²) in [6, 6.07) is 5.32. The third-order valence-corrected chi connectivity index (χ3v) is 3.65. The van der Waals surface area contributed by atoms with E-state index in [2.05, 4.69) is 15.3 Å². The van der Waals surface area contributed by atoms with Crippen LogP contribution >= 0.6 is 0 Å². The topological polar surface area (TPSA) is 47.7 Å². The number of nitrogens with one attached hydrogen (secondary N) is 1. The van der Waals surface area contributed by atoms with E-state index in [0.717, 1.165) is 11.4 Å². The molecular formula is C16H18FN5. The zero-order valence-electron chi connectivity index (χ0n) is 12.6. The molecule has 22 heavy (non-hydrogen) atoms. The minimum Gasteiger partial charge on any atom is -0.337 e. The summed E-state index contributed by atoms with van der Waals surface area (Å²) in [6.07, 6.45) is 8.61. The summed E-state index contributed by atoms with van der Waals surface area (Å²) in [7, 11) is 1.96. The normalized spacial score (nSPS) is 12.5. The molecule has 5 nitrogen and oxygen atoms in total. The van der Waals surface area contributed by atoms with E-state index in [1.807, 2.05) is 30.8 Å². The highest BCUT2D eigenvalue weighted by Crippen LogP contribution is 2.16. The highest BCUT2D eigenvalue weighted by atomic mass is 19.1. The van der Waals surface area contributed by atoms with Gasteiger partial charge in [0.2, 0.25) is 0 Å². The standard InChI is InChI=1S/C16H18FN5/c1-12(16-19-6-7-21(16)2)20-10-13-3-4-15(14(17)9-13)22-8-5-18-11-22/h3-9,11-12,20H,10H2,1-2H3. The zero-order valence-corrected chi connectivity index (χ0v) is 12.6. The number of aromatic nitrogens is 4. The summed E-state index contributed by atoms with van der Waals surface area (Å²) in [5, 5.41) is 3.35. The molecule has 0 amide bonds. The van der Waals surface area contributed by atoms with Crippen molar-refractivity contribution >= 4 is 0 Å². The molecule has 3 rings (SSSR count). The molecule has 0 radical (unpaired) electrons. The number of hydrogen-bond donors (Lipinski definition) is 1. The van der Waals surface area contributed by atoms with E-state index in [0.29, 0.717) is 12.2 Å². The van der Waals surface area contributed by atoms with Gasteiger partial charge in [0.1, 0.15) is 11.6 Å². The van der Waals surface area contributed by atoms with Crippen molar-refractivity contribution in [3.63, 3.8) is 0 Å². The maximum absolute atomic E-state index is 14.2. The largest absolute Gasteiger partial charge is 0.337 e. The highest BCUT2D eigenvalue weighted by molar-refractivity contribution is 5.36. The summed E-state index contributed by atoms with van der Waals surface area (Å²) in [4.78, 5) is 8.24. The van der Waals surface area contributed by atoms with Gasteiger partial charge in [0, 0.05) is 38.4 Å². The van der Waals surface area contributed by atoms with Gasteiger partial charge in [0.15, 0.2) is 0 Å². The maximum atomic E-state index is 14.2. The molecule has 0 fully saturated rings. The molecule has 6 heteroatoms. The smallest absolute Gasteiger partial charge is 0.147 e. The number of aryl methyl sites for hydroxylation is 1. The monoisotopic (exact) mass is 299 g/mol. The van der Waals surface area contributed by atoms with Gasteiger partial charge in [-0.05, 0) is 24.6 Å². The maximum Gasteiger partial charge on any atom is 0.147 e. The number of hydrogen-bond acceptors (Lipinski definition) is 3. The molecule has 2 aromatic heterocycles. The Hall–Kier alpha value is -2.47. The van der Waals surface area contributed by atoms with Gasteiger partial charge < -0.3 is 14.5 Å². The minimum atomic E-state index is -0.262. The molecule has 1 N–H and O–H groups in total. The van der Waals surface area contributed by atoms with Gasteiger partial charge in [-0.25, -0.2) is 14.4 Å². The fourth-order valence-corrected chi connectivity index (χ4v) is 2.43. The molecule has 2 heterocycles. The molecule has 1 aromatic carbocycles. The molecule has 0 bridgehead atoms. The molecule has 0 saturated carbocycles. The van der Waals surface area contributed by atoms with Crippen molar-refractivity contribution in [2.75, 3.05) is 0 Å². The number of nitrogens with zero attached hydrogens (tertiary/aromatic N) is 4. The second-order valence-electron chi connectivity index (χ2n) is 5.25. The van der Waals surface area contributed by atoms with Crippen molar-refractivity contribution in [1.82, 2.24) is 24.4 Å². The molecular weight excluding hydrogens is 281 g/mol. The first-order valence-corrected chi connectivity index (χ1v) is 7.12. The van der Waals surface area contributed by atoms with E-state index in [1.54, 1.807) is 41.6 Å². The summed E-state index contributed by atoms with van der Waals surface area (Å²) >= 11 is 0. The van der Waals surface area contributed by atoms with Gasteiger partial charge in [0.25, 0.3) is 0 Å². The fraction of sp³-hybridized carbons (Fsp3) is 0.250. The SMILES string of the molecule is CC(NCc1ccc(-n2ccnc2)c(F)c1)c1nccn1C. The van der Waals surface area contributed by atoms with Crippen LogP contribution in [0.15, 0.2) is 49.3 Å². The zero-order chi connectivity index (χ0) is 15.5. The van der Waals surface area contributed by atoms with Gasteiger partial charge >= 0.3 is 0 Å². The number of rotatable bonds is 5. The Balaban J connectivity index is 1.69. The lowest BCUT2D eigenvalue weighted by atomic mass is 10.2. The quantitative estimate of drug-likeness (QED) is 0.788. The van der Waals surface area contributed by atoms with Gasteiger partial charge in [-0.2, -0.15) is 0 Å². The van der Waals surface area contributed by atoms with Crippen LogP contribution in [0.2, 0.25) is 0 Å². The summed E-state index contributed by atoms with van der Waals surface area (Å²) < 4.78 is 17.8. The van der Waals surface area contributed by atoms with Crippen molar-refractivity contribution in [3.8, 4) is 5.69 Å². The van der Waals surface area contributed by atoms with Crippen LogP contribution in [0, 0.1) is 5.82 Å². The first-order chi connectivity index (χ1) is 10.6. The van der Waals surface area contributed by atoms with E-state index in [4.69, 9.17) is 0 Å². The fourth-order valence-electron chi connectivity index (χ4n) is 2.43. The van der Waals surface area contributed by atoms with Gasteiger partial charge in [-0.3, -0.25) is 0 Å². The number of benzene rings is 1. The van der Waals surface area contributed by atoms with Crippen molar-refractivity contribution in [2.45, 2.75) is 19.5 Å². The molecule has 0 aliphatic carbocycles. The average Bonchev–Trinajstić information content (AvgIpc) is 3.16. The van der Waals surface area contributed by atoms with Crippen molar-refractivity contribution < 1.29 is 4.39 Å². The van der Waals surface area contributed by atoms with E-state index in [-0.39, 0.29) is 11.9 Å². The Labute approximate surface area is 128 Å². The van der Waals surface area contributed by atoms with Crippen molar-refractivity contribution in [1.29, 1.82) is 0 Å². The average molecular weight is 299 g/mol. The molecule has 114 valence electrons. The summed E-state index contributed by atoms with van der Waals surface area (Å²) in [6.45, 7) is 2.62. The van der Waals surface area contributed by atoms with Crippen LogP contribution in [-0.4, -0.2) is 19.1 Å². The lowest BCUT2D eigenvalue weighted by Gasteiger charge is -2.14. The second kappa shape index (κ2) is 6.11. The van der Waals surface area contributed by atoms with Crippen molar-refractivity contribution in [3.05, 3.63) is 66.5 Å². The van der Waals surface area contributed by atoms with Crippen LogP contribution in [0.3, 0.4) is 0 Å². The Morgan fingerprint density at radius 3 is 2.77 bits per heavy atom. The Morgan fingerprint density at radius 2 is 2.14 bits per heavy atom. The Morgan fingerprint density at radius 1 is 1.27 bits per heavy atom. The summed E-state index contributed by atoms with van der Waals surface area (Å²) in [5.41, 5.74) is 1.39. The minimum absolute atomic E-state index is 0.0939. The van der Waals surface area contributed by atoms with Gasteiger partial charge in [-0.15, -0.1) is 0 Å². The summed E-state index contributed by atoms with van der Waals surface area (Å²) in [5.74, 6) is 0.692. The first-order valence-electron chi connectivity index (χ1n) is 7.12. The van der Waals surface area contributed by atoms with Crippen LogP contribution in [0.5, 0.6) is 0 Å². The van der Waals surface area contributed by atoms with Crippen LogP contribution in [0.4, 0.5) is 4.39 Å². The Kier molecular flexibility index (Phi) is 4.02. The van der Waals surface area contributed by atoms with Gasteiger partial charge in [0.05, 0.1) is 18.1 Å². The molecule has 3 aromatic rings. The van der Waals surface area contributed by atoms with E-state index in [1.165, 1.54) is 0 Å². The second-order valence-corrected chi connectivity index (χ2v) is 5.25. The van der Waals surface area contributed by atoms with E-state index >= 15 is 0 Å². The van der Waals surface area contributed by atoms with Crippen LogP contribution in [-0.2, 0) is 13.6 Å². The van der Waals surface area contributed by atoms with E-state index < -0.39 is 0 Å². The lowest BCUT2D eigenvalue weighted by molar-refractivity contribution is 0.527. The van der Waals surface area contributed by atoms with Crippen LogP contribution in [0.1, 0.15) is 24.4 Å². The number of imidazole rings is 2. The molecule has 0 saturated heterocycles. The lowest BCUT2D eigenvalue weighted by Crippen LogP contribution is -2.21. The molecule has 0 aliphatic heterocycles. The van der Waals surface area contributed by atoms with Gasteiger partial charge in [-0.1, -0.05) is 6.07 Å². The van der Waals surface area contributed by atoms with Crippen LogP contribution < -0.4 is 5.32 Å². The molecule has 0 aliphatic rings. The highest BCUT2D eigenvalue weighted by Gasteiger charge is 2.10. The third kappa shape index (κ3) is 2.92.